The summed E-state index contributed by atoms with van der Waals surface area (Å²) in [5.74, 6) is -0.469. The number of hydrogen-bond acceptors (Lipinski definition) is 5. The Kier molecular flexibility index (Phi) is 5.67. The summed E-state index contributed by atoms with van der Waals surface area (Å²) < 4.78 is 5.30. The van der Waals surface area contributed by atoms with Crippen LogP contribution >= 0.6 is 0 Å². The van der Waals surface area contributed by atoms with E-state index < -0.39 is 11.5 Å². The first-order chi connectivity index (χ1) is 14.5. The highest BCUT2D eigenvalue weighted by Gasteiger charge is 2.36. The van der Waals surface area contributed by atoms with Crippen LogP contribution in [0.3, 0.4) is 0 Å². The van der Waals surface area contributed by atoms with Gasteiger partial charge in [0.15, 0.2) is 5.78 Å². The van der Waals surface area contributed by atoms with Crippen LogP contribution in [0.1, 0.15) is 40.7 Å². The van der Waals surface area contributed by atoms with Crippen molar-refractivity contribution in [1.82, 2.24) is 5.32 Å². The van der Waals surface area contributed by atoms with E-state index in [4.69, 9.17) is 10.5 Å². The SMILES string of the molecule is N#C[C@@H](CC(=O)C1(N)CCOCC1)Cc1ccc(-c2ccc3c(c2)CNC3=O)cc1. The van der Waals surface area contributed by atoms with Crippen molar-refractivity contribution in [3.63, 3.8) is 0 Å². The molecule has 0 saturated carbocycles. The number of nitrogens with one attached hydrogen (secondary N) is 1. The van der Waals surface area contributed by atoms with Crippen LogP contribution in [0.5, 0.6) is 0 Å². The minimum Gasteiger partial charge on any atom is -0.381 e. The summed E-state index contributed by atoms with van der Waals surface area (Å²) in [6.07, 6.45) is 1.71. The Labute approximate surface area is 176 Å². The zero-order valence-corrected chi connectivity index (χ0v) is 16.8. The van der Waals surface area contributed by atoms with E-state index in [0.717, 1.165) is 27.8 Å². The third-order valence-electron chi connectivity index (χ3n) is 6.11. The van der Waals surface area contributed by atoms with Crippen LogP contribution in [-0.2, 0) is 22.5 Å². The molecule has 0 bridgehead atoms. The number of carbonyl (C=O) groups excluding carboxylic acids is 2. The van der Waals surface area contributed by atoms with E-state index in [9.17, 15) is 14.9 Å². The van der Waals surface area contributed by atoms with Gasteiger partial charge in [0.2, 0.25) is 0 Å². The maximum absolute atomic E-state index is 12.7. The fraction of sp³-hybridized carbons (Fsp3) is 0.375. The molecule has 1 atom stereocenters. The number of Topliss-reactive ketones (excluding diaryl/α,β-unsaturated/α-hetero) is 1. The number of carbonyl (C=O) groups is 2. The molecule has 2 aromatic carbocycles. The second-order valence-electron chi connectivity index (χ2n) is 8.18. The van der Waals surface area contributed by atoms with Gasteiger partial charge in [-0.3, -0.25) is 9.59 Å². The summed E-state index contributed by atoms with van der Waals surface area (Å²) >= 11 is 0. The quantitative estimate of drug-likeness (QED) is 0.772. The summed E-state index contributed by atoms with van der Waals surface area (Å²) in [6.45, 7) is 1.55. The van der Waals surface area contributed by atoms with Crippen LogP contribution in [0.25, 0.3) is 11.1 Å². The fourth-order valence-corrected chi connectivity index (χ4v) is 4.13. The molecule has 2 aliphatic rings. The Morgan fingerprint density at radius 3 is 2.57 bits per heavy atom. The first kappa shape index (κ1) is 20.3. The lowest BCUT2D eigenvalue weighted by molar-refractivity contribution is -0.128. The molecule has 3 N–H and O–H groups in total. The minimum absolute atomic E-state index is 0.0241. The van der Waals surface area contributed by atoms with Crippen molar-refractivity contribution in [1.29, 1.82) is 5.26 Å². The maximum atomic E-state index is 12.7. The molecule has 1 saturated heterocycles. The average molecular weight is 403 g/mol. The Bertz CT molecular complexity index is 1000. The van der Waals surface area contributed by atoms with E-state index in [1.807, 2.05) is 42.5 Å². The fourth-order valence-electron chi connectivity index (χ4n) is 4.13. The molecule has 1 fully saturated rings. The van der Waals surface area contributed by atoms with Crippen LogP contribution in [0.15, 0.2) is 42.5 Å². The van der Waals surface area contributed by atoms with Crippen molar-refractivity contribution in [2.45, 2.75) is 37.8 Å². The van der Waals surface area contributed by atoms with E-state index in [1.165, 1.54) is 0 Å². The van der Waals surface area contributed by atoms with Gasteiger partial charge in [0.25, 0.3) is 5.91 Å². The molecule has 1 amide bonds. The molecule has 6 heteroatoms. The van der Waals surface area contributed by atoms with Gasteiger partial charge in [0.05, 0.1) is 17.5 Å². The molecule has 0 radical (unpaired) electrons. The molecule has 2 heterocycles. The van der Waals surface area contributed by atoms with Crippen LogP contribution < -0.4 is 11.1 Å². The zero-order chi connectivity index (χ0) is 21.1. The van der Waals surface area contributed by atoms with Crippen LogP contribution in [0, 0.1) is 17.2 Å². The average Bonchev–Trinajstić information content (AvgIpc) is 3.14. The van der Waals surface area contributed by atoms with Gasteiger partial charge < -0.3 is 15.8 Å². The van der Waals surface area contributed by atoms with Gasteiger partial charge in [0.1, 0.15) is 0 Å². The molecule has 0 aliphatic carbocycles. The molecule has 4 rings (SSSR count). The highest BCUT2D eigenvalue weighted by Crippen LogP contribution is 2.27. The normalized spacial score (nSPS) is 18.2. The van der Waals surface area contributed by atoms with Gasteiger partial charge in [0, 0.05) is 31.7 Å². The lowest BCUT2D eigenvalue weighted by Crippen LogP contribution is -2.52. The summed E-state index contributed by atoms with van der Waals surface area (Å²) in [5, 5.41) is 12.4. The summed E-state index contributed by atoms with van der Waals surface area (Å²) in [4.78, 5) is 24.4. The predicted octanol–water partition coefficient (Wildman–Crippen LogP) is 2.75. The van der Waals surface area contributed by atoms with Crippen LogP contribution in [0.2, 0.25) is 0 Å². The van der Waals surface area contributed by atoms with E-state index >= 15 is 0 Å². The van der Waals surface area contributed by atoms with Crippen molar-refractivity contribution >= 4 is 11.7 Å². The van der Waals surface area contributed by atoms with Gasteiger partial charge >= 0.3 is 0 Å². The lowest BCUT2D eigenvalue weighted by Gasteiger charge is -2.32. The monoisotopic (exact) mass is 403 g/mol. The molecule has 6 nitrogen and oxygen atoms in total. The Balaban J connectivity index is 1.42. The largest absolute Gasteiger partial charge is 0.381 e. The topological polar surface area (TPSA) is 105 Å². The first-order valence-corrected chi connectivity index (χ1v) is 10.3. The third kappa shape index (κ3) is 4.13. The van der Waals surface area contributed by atoms with Crippen molar-refractivity contribution in [2.75, 3.05) is 13.2 Å². The van der Waals surface area contributed by atoms with Crippen molar-refractivity contribution in [3.8, 4) is 17.2 Å². The summed E-state index contributed by atoms with van der Waals surface area (Å²) in [5.41, 5.74) is 10.3. The standard InChI is InChI=1S/C24H25N3O3/c25-14-17(12-22(28)24(26)7-9-30-10-8-24)11-16-1-3-18(4-2-16)19-5-6-21-20(13-19)15-27-23(21)29/h1-6,13,17H,7-12,15,26H2,(H,27,29)/t17-/m1/s1. The van der Waals surface area contributed by atoms with E-state index in [-0.39, 0.29) is 18.1 Å². The van der Waals surface area contributed by atoms with E-state index in [0.29, 0.717) is 39.0 Å². The van der Waals surface area contributed by atoms with Crippen LogP contribution in [0.4, 0.5) is 0 Å². The van der Waals surface area contributed by atoms with Gasteiger partial charge in [-0.2, -0.15) is 5.26 Å². The van der Waals surface area contributed by atoms with Gasteiger partial charge in [-0.05, 0) is 53.6 Å². The predicted molar refractivity (Wildman–Crippen MR) is 112 cm³/mol. The number of fused-ring (bicyclic) bond motifs is 1. The molecule has 0 spiro atoms. The molecular formula is C24H25N3O3. The number of nitrogens with two attached hydrogens (primary N) is 1. The van der Waals surface area contributed by atoms with E-state index in [2.05, 4.69) is 11.4 Å². The van der Waals surface area contributed by atoms with Crippen molar-refractivity contribution in [2.24, 2.45) is 11.7 Å². The summed E-state index contributed by atoms with van der Waals surface area (Å²) in [6, 6.07) is 16.1. The second kappa shape index (κ2) is 8.39. The maximum Gasteiger partial charge on any atom is 0.251 e. The Morgan fingerprint density at radius 2 is 1.87 bits per heavy atom. The number of nitrogens with zero attached hydrogens (tertiary/aromatic N) is 1. The third-order valence-corrected chi connectivity index (χ3v) is 6.11. The number of ether oxygens (including phenoxy) is 1. The number of ketones is 1. The minimum atomic E-state index is -0.860. The Hall–Kier alpha value is -3.01. The molecular weight excluding hydrogens is 378 g/mol. The van der Waals surface area contributed by atoms with Gasteiger partial charge in [-0.1, -0.05) is 30.3 Å². The molecule has 0 unspecified atom stereocenters. The zero-order valence-electron chi connectivity index (χ0n) is 16.8. The molecule has 2 aromatic rings. The highest BCUT2D eigenvalue weighted by molar-refractivity contribution is 5.98. The van der Waals surface area contributed by atoms with E-state index in [1.54, 1.807) is 0 Å². The van der Waals surface area contributed by atoms with Crippen LogP contribution in [-0.4, -0.2) is 30.4 Å². The van der Waals surface area contributed by atoms with Crippen molar-refractivity contribution in [3.05, 3.63) is 59.2 Å². The van der Waals surface area contributed by atoms with Crippen molar-refractivity contribution < 1.29 is 14.3 Å². The number of rotatable bonds is 6. The second-order valence-corrected chi connectivity index (χ2v) is 8.18. The number of nitriles is 1. The first-order valence-electron chi connectivity index (χ1n) is 10.3. The summed E-state index contributed by atoms with van der Waals surface area (Å²) in [7, 11) is 0. The van der Waals surface area contributed by atoms with Gasteiger partial charge in [-0.15, -0.1) is 0 Å². The number of hydrogen-bond donors (Lipinski definition) is 2. The molecule has 30 heavy (non-hydrogen) atoms. The molecule has 2 aliphatic heterocycles. The lowest BCUT2D eigenvalue weighted by atomic mass is 9.81. The number of amides is 1. The molecule has 0 aromatic heterocycles. The smallest absolute Gasteiger partial charge is 0.251 e. The molecule has 154 valence electrons. The van der Waals surface area contributed by atoms with Gasteiger partial charge in [-0.25, -0.2) is 0 Å². The highest BCUT2D eigenvalue weighted by atomic mass is 16.5. The number of benzene rings is 2. The Morgan fingerprint density at radius 1 is 1.17 bits per heavy atom.